The van der Waals surface area contributed by atoms with Gasteiger partial charge < -0.3 is 14.8 Å². The van der Waals surface area contributed by atoms with Crippen molar-refractivity contribution in [2.45, 2.75) is 44.7 Å². The number of benzene rings is 3. The summed E-state index contributed by atoms with van der Waals surface area (Å²) in [6.45, 7) is 0.175. The number of rotatable bonds is 5. The maximum absolute atomic E-state index is 12.9. The zero-order valence-electron chi connectivity index (χ0n) is 20.1. The molecule has 0 saturated heterocycles. The number of fused-ring (bicyclic) bond motifs is 1. The molecule has 0 radical (unpaired) electrons. The Balaban J connectivity index is 1.23. The number of hydrogen-bond donors (Lipinski definition) is 1. The third-order valence-corrected chi connectivity index (χ3v) is 6.53. The summed E-state index contributed by atoms with van der Waals surface area (Å²) in [4.78, 5) is 39.0. The van der Waals surface area contributed by atoms with Gasteiger partial charge in [0.15, 0.2) is 0 Å². The molecule has 5 rings (SSSR count). The van der Waals surface area contributed by atoms with Gasteiger partial charge in [-0.05, 0) is 84.8 Å². The van der Waals surface area contributed by atoms with Gasteiger partial charge in [0.2, 0.25) is 0 Å². The molecule has 1 aliphatic heterocycles. The van der Waals surface area contributed by atoms with Gasteiger partial charge in [-0.3, -0.25) is 9.59 Å². The van der Waals surface area contributed by atoms with Crippen LogP contribution < -0.4 is 10.1 Å². The van der Waals surface area contributed by atoms with Crippen LogP contribution >= 0.6 is 0 Å². The lowest BCUT2D eigenvalue weighted by Gasteiger charge is -2.17. The monoisotopic (exact) mass is 524 g/mol. The Morgan fingerprint density at radius 1 is 0.895 bits per heavy atom. The van der Waals surface area contributed by atoms with E-state index in [0.717, 1.165) is 59.4 Å². The summed E-state index contributed by atoms with van der Waals surface area (Å²) in [5.74, 6) is -1.30. The van der Waals surface area contributed by atoms with Crippen molar-refractivity contribution in [3.05, 3.63) is 83.4 Å². The van der Waals surface area contributed by atoms with Gasteiger partial charge in [0, 0.05) is 16.8 Å². The number of nitrogens with one attached hydrogen (secondary N) is 1. The van der Waals surface area contributed by atoms with E-state index in [1.165, 1.54) is 12.1 Å². The number of imide groups is 1. The number of carbonyl (C=O) groups is 3. The van der Waals surface area contributed by atoms with Crippen LogP contribution in [0, 0.1) is 0 Å². The molecule has 10 heteroatoms. The molecule has 3 amide bonds. The van der Waals surface area contributed by atoms with E-state index >= 15 is 0 Å². The SMILES string of the molecule is O=C(Nc1ccc(-c2ccc3c(c2)C(=O)N(C(=O)OC2CCCC2)C3)cc1)c1ccc(OC(F)(F)F)cc1. The first-order valence-electron chi connectivity index (χ1n) is 12.1. The summed E-state index contributed by atoms with van der Waals surface area (Å²) in [5, 5.41) is 2.69. The van der Waals surface area contributed by atoms with Crippen molar-refractivity contribution in [3.8, 4) is 16.9 Å². The number of ether oxygens (including phenoxy) is 2. The average molecular weight is 524 g/mol. The number of carbonyl (C=O) groups excluding carboxylic acids is 3. The predicted octanol–water partition coefficient (Wildman–Crippen LogP) is 6.54. The Bertz CT molecular complexity index is 1360. The summed E-state index contributed by atoms with van der Waals surface area (Å²) in [5.41, 5.74) is 3.39. The zero-order valence-corrected chi connectivity index (χ0v) is 20.1. The highest BCUT2D eigenvalue weighted by molar-refractivity contribution is 6.07. The summed E-state index contributed by atoms with van der Waals surface area (Å²) in [6.07, 6.45) is -1.86. The van der Waals surface area contributed by atoms with Gasteiger partial charge >= 0.3 is 12.5 Å². The average Bonchev–Trinajstić information content (AvgIpc) is 3.51. The molecule has 1 saturated carbocycles. The summed E-state index contributed by atoms with van der Waals surface area (Å²) in [7, 11) is 0. The van der Waals surface area contributed by atoms with Crippen LogP contribution in [-0.2, 0) is 11.3 Å². The topological polar surface area (TPSA) is 84.9 Å². The number of halogens is 3. The third-order valence-electron chi connectivity index (χ3n) is 6.53. The van der Waals surface area contributed by atoms with Crippen molar-refractivity contribution in [2.75, 3.05) is 5.32 Å². The van der Waals surface area contributed by atoms with Crippen LogP contribution in [0.15, 0.2) is 66.7 Å². The van der Waals surface area contributed by atoms with Crippen LogP contribution in [0.2, 0.25) is 0 Å². The molecule has 196 valence electrons. The van der Waals surface area contributed by atoms with Crippen molar-refractivity contribution in [1.29, 1.82) is 0 Å². The fraction of sp³-hybridized carbons (Fsp3) is 0.250. The molecule has 7 nitrogen and oxygen atoms in total. The molecule has 1 N–H and O–H groups in total. The molecule has 1 aliphatic carbocycles. The fourth-order valence-corrected chi connectivity index (χ4v) is 4.60. The van der Waals surface area contributed by atoms with E-state index in [1.54, 1.807) is 30.3 Å². The Kier molecular flexibility index (Phi) is 6.79. The molecule has 1 fully saturated rings. The zero-order chi connectivity index (χ0) is 26.9. The highest BCUT2D eigenvalue weighted by Crippen LogP contribution is 2.31. The van der Waals surface area contributed by atoms with Crippen LogP contribution in [-0.4, -0.2) is 35.3 Å². The Hall–Kier alpha value is -4.34. The fourth-order valence-electron chi connectivity index (χ4n) is 4.60. The van der Waals surface area contributed by atoms with Gasteiger partial charge in [-0.1, -0.05) is 24.3 Å². The minimum atomic E-state index is -4.81. The molecular weight excluding hydrogens is 501 g/mol. The lowest BCUT2D eigenvalue weighted by atomic mass is 10.00. The first kappa shape index (κ1) is 25.3. The van der Waals surface area contributed by atoms with Gasteiger partial charge in [0.25, 0.3) is 11.8 Å². The number of nitrogens with zero attached hydrogens (tertiary/aromatic N) is 1. The quantitative estimate of drug-likeness (QED) is 0.410. The lowest BCUT2D eigenvalue weighted by molar-refractivity contribution is -0.274. The van der Waals surface area contributed by atoms with Crippen LogP contribution in [0.25, 0.3) is 11.1 Å². The second-order valence-electron chi connectivity index (χ2n) is 9.16. The van der Waals surface area contributed by atoms with E-state index in [9.17, 15) is 27.6 Å². The second kappa shape index (κ2) is 10.2. The van der Waals surface area contributed by atoms with Gasteiger partial charge in [-0.25, -0.2) is 9.69 Å². The summed E-state index contributed by atoms with van der Waals surface area (Å²) in [6, 6.07) is 16.9. The smallest absolute Gasteiger partial charge is 0.446 e. The van der Waals surface area contributed by atoms with Crippen LogP contribution in [0.5, 0.6) is 5.75 Å². The number of amides is 3. The minimum Gasteiger partial charge on any atom is -0.446 e. The van der Waals surface area contributed by atoms with Gasteiger partial charge in [-0.15, -0.1) is 13.2 Å². The molecule has 0 bridgehead atoms. The minimum absolute atomic E-state index is 0.128. The van der Waals surface area contributed by atoms with E-state index in [0.29, 0.717) is 11.3 Å². The maximum Gasteiger partial charge on any atom is 0.573 e. The van der Waals surface area contributed by atoms with Crippen molar-refractivity contribution in [2.24, 2.45) is 0 Å². The van der Waals surface area contributed by atoms with E-state index in [-0.39, 0.29) is 24.1 Å². The molecular formula is C28H23F3N2O5. The van der Waals surface area contributed by atoms with E-state index < -0.39 is 24.1 Å². The highest BCUT2D eigenvalue weighted by atomic mass is 19.4. The number of anilines is 1. The first-order valence-corrected chi connectivity index (χ1v) is 12.1. The van der Waals surface area contributed by atoms with Crippen molar-refractivity contribution in [3.63, 3.8) is 0 Å². The first-order chi connectivity index (χ1) is 18.2. The molecule has 0 spiro atoms. The third kappa shape index (κ3) is 5.64. The summed E-state index contributed by atoms with van der Waals surface area (Å²) < 4.78 is 46.2. The van der Waals surface area contributed by atoms with Crippen LogP contribution in [0.1, 0.15) is 52.0 Å². The highest BCUT2D eigenvalue weighted by Gasteiger charge is 2.35. The largest absolute Gasteiger partial charge is 0.573 e. The second-order valence-corrected chi connectivity index (χ2v) is 9.16. The standard InChI is InChI=1S/C28H23F3N2O5/c29-28(30,31)38-23-13-9-18(10-14-23)25(34)32-21-11-7-17(8-12-21)19-5-6-20-16-33(26(35)24(20)15-19)27(36)37-22-3-1-2-4-22/h5-15,22H,1-4,16H2,(H,32,34). The normalized spacial score (nSPS) is 15.3. The molecule has 3 aromatic rings. The van der Waals surface area contributed by atoms with Crippen molar-refractivity contribution < 1.29 is 37.0 Å². The lowest BCUT2D eigenvalue weighted by Crippen LogP contribution is -2.33. The van der Waals surface area contributed by atoms with E-state index in [1.807, 2.05) is 12.1 Å². The van der Waals surface area contributed by atoms with E-state index in [2.05, 4.69) is 10.1 Å². The molecule has 2 aliphatic rings. The molecule has 0 atom stereocenters. The Morgan fingerprint density at radius 3 is 2.21 bits per heavy atom. The van der Waals surface area contributed by atoms with Crippen molar-refractivity contribution in [1.82, 2.24) is 4.90 Å². The molecule has 0 unspecified atom stereocenters. The summed E-state index contributed by atoms with van der Waals surface area (Å²) >= 11 is 0. The van der Waals surface area contributed by atoms with Gasteiger partial charge in [0.1, 0.15) is 11.9 Å². The van der Waals surface area contributed by atoms with Crippen LogP contribution in [0.3, 0.4) is 0 Å². The Labute approximate surface area is 216 Å². The van der Waals surface area contributed by atoms with Gasteiger partial charge in [-0.2, -0.15) is 0 Å². The Morgan fingerprint density at radius 2 is 1.55 bits per heavy atom. The van der Waals surface area contributed by atoms with E-state index in [4.69, 9.17) is 4.74 Å². The van der Waals surface area contributed by atoms with Crippen molar-refractivity contribution >= 4 is 23.6 Å². The number of hydrogen-bond acceptors (Lipinski definition) is 5. The molecule has 3 aromatic carbocycles. The number of alkyl halides is 3. The van der Waals surface area contributed by atoms with Crippen LogP contribution in [0.4, 0.5) is 23.7 Å². The predicted molar refractivity (Wildman–Crippen MR) is 132 cm³/mol. The molecule has 1 heterocycles. The maximum atomic E-state index is 12.9. The molecule has 0 aromatic heterocycles. The van der Waals surface area contributed by atoms with Gasteiger partial charge in [0.05, 0.1) is 6.54 Å². The molecule has 38 heavy (non-hydrogen) atoms.